The Morgan fingerprint density at radius 2 is 1.56 bits per heavy atom. The smallest absolute Gasteiger partial charge is 0.371 e. The van der Waals surface area contributed by atoms with Crippen molar-refractivity contribution in [3.05, 3.63) is 0 Å². The number of nitrogens with zero attached hydrogens (tertiary/aromatic N) is 2. The average Bonchev–Trinajstić information content (AvgIpc) is 3.44. The van der Waals surface area contributed by atoms with Gasteiger partial charge in [0, 0.05) is 33.3 Å². The van der Waals surface area contributed by atoms with Crippen LogP contribution in [-0.2, 0) is 28.5 Å². The fourth-order valence-electron chi connectivity index (χ4n) is 5.12. The maximum Gasteiger partial charge on any atom is 0.371 e. The van der Waals surface area contributed by atoms with Gasteiger partial charge in [0.05, 0.1) is 24.7 Å². The molecule has 0 aromatic rings. The summed E-state index contributed by atoms with van der Waals surface area (Å²) in [4.78, 5) is 30.3. The Bertz CT molecular complexity index is 637. The molecule has 0 radical (unpaired) electrons. The van der Waals surface area contributed by atoms with Gasteiger partial charge in [0.1, 0.15) is 5.60 Å². The fraction of sp³-hybridized carbons (Fsp3) is 0.917. The van der Waals surface area contributed by atoms with Gasteiger partial charge in [0.25, 0.3) is 5.85 Å². The first-order valence-corrected chi connectivity index (χ1v) is 12.3. The SMILES string of the molecule is CCOC(=O)C1CCC(OC(C(=O)OC(C)(C)C)(N2CCCC2)N2CC[C@@H](OC)C2)CC1. The van der Waals surface area contributed by atoms with Crippen LogP contribution in [0.15, 0.2) is 0 Å². The lowest BCUT2D eigenvalue weighted by atomic mass is 9.87. The van der Waals surface area contributed by atoms with Gasteiger partial charge in [0.2, 0.25) is 0 Å². The number of ether oxygens (including phenoxy) is 4. The molecule has 0 spiro atoms. The van der Waals surface area contributed by atoms with Crippen LogP contribution in [0.25, 0.3) is 0 Å². The Labute approximate surface area is 192 Å². The van der Waals surface area contributed by atoms with E-state index in [1.54, 1.807) is 7.11 Å². The number of hydrogen-bond donors (Lipinski definition) is 0. The minimum Gasteiger partial charge on any atom is -0.466 e. The second kappa shape index (κ2) is 10.8. The van der Waals surface area contributed by atoms with E-state index in [-0.39, 0.29) is 30.1 Å². The van der Waals surface area contributed by atoms with Crippen LogP contribution in [0.4, 0.5) is 0 Å². The maximum atomic E-state index is 13.8. The predicted octanol–water partition coefficient (Wildman–Crippen LogP) is 2.94. The van der Waals surface area contributed by atoms with E-state index in [0.29, 0.717) is 32.5 Å². The molecule has 2 heterocycles. The highest BCUT2D eigenvalue weighted by Crippen LogP contribution is 2.38. The summed E-state index contributed by atoms with van der Waals surface area (Å²) in [6.45, 7) is 10.9. The van der Waals surface area contributed by atoms with Crippen molar-refractivity contribution in [3.8, 4) is 0 Å². The molecular weight excluding hydrogens is 412 g/mol. The standard InChI is InChI=1S/C24H42N2O6/c1-6-30-21(27)18-9-11-19(12-10-18)31-24(25-14-7-8-15-25,22(28)32-23(2,3)4)26-16-13-20(17-26)29-5/h18-20H,6-17H2,1-5H3/t18?,19?,20-,24?/m1/s1. The zero-order valence-electron chi connectivity index (χ0n) is 20.6. The third-order valence-corrected chi connectivity index (χ3v) is 6.73. The van der Waals surface area contributed by atoms with Crippen molar-refractivity contribution >= 4 is 11.9 Å². The van der Waals surface area contributed by atoms with Crippen molar-refractivity contribution in [2.45, 2.75) is 96.3 Å². The molecule has 3 fully saturated rings. The van der Waals surface area contributed by atoms with E-state index in [0.717, 1.165) is 45.2 Å². The molecule has 3 rings (SSSR count). The molecule has 1 saturated carbocycles. The van der Waals surface area contributed by atoms with E-state index >= 15 is 0 Å². The van der Waals surface area contributed by atoms with Crippen LogP contribution in [0.3, 0.4) is 0 Å². The molecule has 2 atom stereocenters. The quantitative estimate of drug-likeness (QED) is 0.518. The Morgan fingerprint density at radius 3 is 2.09 bits per heavy atom. The molecule has 3 aliphatic rings. The van der Waals surface area contributed by atoms with Gasteiger partial charge in [-0.25, -0.2) is 4.79 Å². The number of esters is 2. The van der Waals surface area contributed by atoms with E-state index in [1.165, 1.54) is 0 Å². The number of carbonyl (C=O) groups excluding carboxylic acids is 2. The van der Waals surface area contributed by atoms with Crippen LogP contribution < -0.4 is 0 Å². The second-order valence-electron chi connectivity index (χ2n) is 10.2. The zero-order chi connectivity index (χ0) is 23.4. The Morgan fingerprint density at radius 1 is 0.906 bits per heavy atom. The summed E-state index contributed by atoms with van der Waals surface area (Å²) in [6.07, 6.45) is 5.76. The molecule has 1 aliphatic carbocycles. The average molecular weight is 455 g/mol. The molecule has 8 heteroatoms. The van der Waals surface area contributed by atoms with Gasteiger partial charge < -0.3 is 18.9 Å². The zero-order valence-corrected chi connectivity index (χ0v) is 20.6. The number of methoxy groups -OCH3 is 1. The van der Waals surface area contributed by atoms with Crippen LogP contribution in [0.2, 0.25) is 0 Å². The summed E-state index contributed by atoms with van der Waals surface area (Å²) in [5.41, 5.74) is -0.618. The molecule has 2 aliphatic heterocycles. The van der Waals surface area contributed by atoms with Crippen LogP contribution in [-0.4, -0.2) is 85.3 Å². The van der Waals surface area contributed by atoms with Crippen LogP contribution >= 0.6 is 0 Å². The van der Waals surface area contributed by atoms with Gasteiger partial charge in [0.15, 0.2) is 0 Å². The Hall–Kier alpha value is -1.22. The summed E-state index contributed by atoms with van der Waals surface area (Å²) in [6, 6.07) is 0. The van der Waals surface area contributed by atoms with Gasteiger partial charge in [-0.2, -0.15) is 0 Å². The van der Waals surface area contributed by atoms with E-state index in [4.69, 9.17) is 18.9 Å². The summed E-state index contributed by atoms with van der Waals surface area (Å²) in [7, 11) is 1.72. The minimum absolute atomic E-state index is 0.0718. The van der Waals surface area contributed by atoms with E-state index < -0.39 is 11.4 Å². The van der Waals surface area contributed by atoms with Crippen molar-refractivity contribution in [2.24, 2.45) is 5.92 Å². The van der Waals surface area contributed by atoms with Gasteiger partial charge in [-0.1, -0.05) is 0 Å². The minimum atomic E-state index is -1.25. The third kappa shape index (κ3) is 5.82. The van der Waals surface area contributed by atoms with Gasteiger partial charge in [-0.05, 0) is 72.6 Å². The Balaban J connectivity index is 1.84. The largest absolute Gasteiger partial charge is 0.466 e. The van der Waals surface area contributed by atoms with Crippen molar-refractivity contribution < 1.29 is 28.5 Å². The van der Waals surface area contributed by atoms with E-state index in [9.17, 15) is 9.59 Å². The highest BCUT2D eigenvalue weighted by Gasteiger charge is 2.56. The molecule has 0 aromatic carbocycles. The molecule has 0 aromatic heterocycles. The maximum absolute atomic E-state index is 13.8. The second-order valence-corrected chi connectivity index (χ2v) is 10.2. The predicted molar refractivity (Wildman–Crippen MR) is 120 cm³/mol. The molecular formula is C24H42N2O6. The van der Waals surface area contributed by atoms with Crippen molar-refractivity contribution in [2.75, 3.05) is 39.9 Å². The summed E-state index contributed by atoms with van der Waals surface area (Å²) < 4.78 is 23.6. The van der Waals surface area contributed by atoms with Gasteiger partial charge in [-0.15, -0.1) is 0 Å². The Kier molecular flexibility index (Phi) is 8.58. The summed E-state index contributed by atoms with van der Waals surface area (Å²) in [5.74, 6) is -1.79. The molecule has 0 N–H and O–H groups in total. The van der Waals surface area contributed by atoms with Crippen LogP contribution in [0.5, 0.6) is 0 Å². The molecule has 32 heavy (non-hydrogen) atoms. The first-order valence-electron chi connectivity index (χ1n) is 12.3. The topological polar surface area (TPSA) is 77.5 Å². The molecule has 8 nitrogen and oxygen atoms in total. The fourth-order valence-corrected chi connectivity index (χ4v) is 5.12. The molecule has 2 saturated heterocycles. The summed E-state index contributed by atoms with van der Waals surface area (Å²) in [5, 5.41) is 0. The van der Waals surface area contributed by atoms with Crippen molar-refractivity contribution in [1.29, 1.82) is 0 Å². The van der Waals surface area contributed by atoms with Crippen LogP contribution in [0.1, 0.15) is 72.6 Å². The lowest BCUT2D eigenvalue weighted by Gasteiger charge is -2.48. The normalized spacial score (nSPS) is 29.6. The van der Waals surface area contributed by atoms with Crippen molar-refractivity contribution in [1.82, 2.24) is 9.80 Å². The van der Waals surface area contributed by atoms with E-state index in [2.05, 4.69) is 9.80 Å². The van der Waals surface area contributed by atoms with Crippen LogP contribution in [0, 0.1) is 5.92 Å². The first-order chi connectivity index (χ1) is 15.2. The first kappa shape index (κ1) is 25.4. The lowest BCUT2D eigenvalue weighted by molar-refractivity contribution is -0.275. The molecule has 1 unspecified atom stereocenters. The van der Waals surface area contributed by atoms with Gasteiger partial charge in [-0.3, -0.25) is 14.6 Å². The summed E-state index contributed by atoms with van der Waals surface area (Å²) >= 11 is 0. The van der Waals surface area contributed by atoms with Gasteiger partial charge >= 0.3 is 11.9 Å². The molecule has 0 amide bonds. The van der Waals surface area contributed by atoms with E-state index in [1.807, 2.05) is 27.7 Å². The molecule has 184 valence electrons. The number of carbonyl (C=O) groups is 2. The molecule has 0 bridgehead atoms. The highest BCUT2D eigenvalue weighted by atomic mass is 16.6. The highest BCUT2D eigenvalue weighted by molar-refractivity contribution is 5.79. The third-order valence-electron chi connectivity index (χ3n) is 6.73. The number of rotatable bonds is 8. The number of hydrogen-bond acceptors (Lipinski definition) is 8. The lowest BCUT2D eigenvalue weighted by Crippen LogP contribution is -2.68. The number of likely N-dealkylation sites (tertiary alicyclic amines) is 2. The van der Waals surface area contributed by atoms with Crippen molar-refractivity contribution in [3.63, 3.8) is 0 Å². The monoisotopic (exact) mass is 454 g/mol.